The molecule has 0 N–H and O–H groups in total. The van der Waals surface area contributed by atoms with Gasteiger partial charge in [-0.25, -0.2) is 0 Å². The van der Waals surface area contributed by atoms with Gasteiger partial charge in [-0.2, -0.15) is 13.5 Å². The van der Waals surface area contributed by atoms with E-state index in [4.69, 9.17) is 0 Å². The van der Waals surface area contributed by atoms with Gasteiger partial charge in [0.25, 0.3) is 0 Å². The summed E-state index contributed by atoms with van der Waals surface area (Å²) in [5.74, 6) is 0.297. The average Bonchev–Trinajstić information content (AvgIpc) is 2.52. The van der Waals surface area contributed by atoms with Crippen LogP contribution in [-0.2, 0) is 11.2 Å². The number of benzene rings is 1. The first-order valence-corrected chi connectivity index (χ1v) is 5.52. The van der Waals surface area contributed by atoms with Crippen LogP contribution >= 0.6 is 13.5 Å². The highest BCUT2D eigenvalue weighted by Gasteiger charge is 2.31. The second kappa shape index (κ2) is 6.10. The molecule has 1 aromatic carbocycles. The van der Waals surface area contributed by atoms with E-state index in [0.717, 1.165) is 12.1 Å². The van der Waals surface area contributed by atoms with Crippen LogP contribution in [0.25, 0.3) is 0 Å². The van der Waals surface area contributed by atoms with Crippen LogP contribution in [0.5, 0.6) is 0 Å². The van der Waals surface area contributed by atoms with E-state index in [1.54, 1.807) is 0 Å². The Morgan fingerprint density at radius 2 is 1.94 bits per heavy atom. The van der Waals surface area contributed by atoms with E-state index < -0.39 is 0 Å². The number of rotatable bonds is 1. The van der Waals surface area contributed by atoms with Gasteiger partial charge in [0.05, 0.1) is 0 Å². The van der Waals surface area contributed by atoms with Gasteiger partial charge >= 0.3 is 0 Å². The monoisotopic (exact) mass is 253 g/mol. The number of fused-ring (bicyclic) bond motifs is 1. The minimum atomic E-state index is 0. The summed E-state index contributed by atoms with van der Waals surface area (Å²) >= 11 is 0. The molecule has 0 bridgehead atoms. The van der Waals surface area contributed by atoms with Crippen LogP contribution in [0, 0.1) is 5.92 Å². The molecule has 17 heavy (non-hydrogen) atoms. The number of anilines is 1. The molecule has 2 nitrogen and oxygen atoms in total. The Morgan fingerprint density at radius 3 is 2.53 bits per heavy atom. The Balaban J connectivity index is 0.00000128. The number of carbonyl (C=O) groups excluding carboxylic acids is 1. The van der Waals surface area contributed by atoms with Crippen molar-refractivity contribution in [2.75, 3.05) is 4.90 Å². The molecule has 96 valence electrons. The highest BCUT2D eigenvalue weighted by molar-refractivity contribution is 7.59. The molecule has 0 aliphatic carbocycles. The maximum atomic E-state index is 12.0. The summed E-state index contributed by atoms with van der Waals surface area (Å²) in [5, 5.41) is 0. The Morgan fingerprint density at radius 1 is 1.35 bits per heavy atom. The molecule has 3 heteroatoms. The van der Waals surface area contributed by atoms with Crippen molar-refractivity contribution in [2.24, 2.45) is 5.92 Å². The third-order valence-corrected chi connectivity index (χ3v) is 2.94. The predicted molar refractivity (Wildman–Crippen MR) is 79.0 cm³/mol. The fraction of sp³-hybridized carbons (Fsp3) is 0.500. The number of amides is 1. The van der Waals surface area contributed by atoms with Crippen LogP contribution in [0.3, 0.4) is 0 Å². The van der Waals surface area contributed by atoms with Gasteiger partial charge in [0.1, 0.15) is 0 Å². The molecule has 0 fully saturated rings. The third kappa shape index (κ3) is 2.83. The summed E-state index contributed by atoms with van der Waals surface area (Å²) in [5.41, 5.74) is 2.39. The van der Waals surface area contributed by atoms with Crippen molar-refractivity contribution in [2.45, 2.75) is 40.7 Å². The summed E-state index contributed by atoms with van der Waals surface area (Å²) < 4.78 is 0. The van der Waals surface area contributed by atoms with Gasteiger partial charge in [-0.1, -0.05) is 39.5 Å². The van der Waals surface area contributed by atoms with Gasteiger partial charge in [-0.05, 0) is 25.0 Å². The summed E-state index contributed by atoms with van der Waals surface area (Å²) in [4.78, 5) is 14.0. The van der Waals surface area contributed by atoms with E-state index in [0.29, 0.717) is 6.04 Å². The second-order valence-corrected chi connectivity index (χ2v) is 4.54. The standard InChI is InChI=1S/C13H17NO.CH4.H2S/c1-9(2)13(15)14-10(3)8-11-6-4-5-7-12(11)14;;/h4-7,9-10H,8H2,1-3H3;1H4;1H2/t10-;;/m1../s1. The lowest BCUT2D eigenvalue weighted by atomic mass is 10.1. The van der Waals surface area contributed by atoms with Gasteiger partial charge in [0.2, 0.25) is 5.91 Å². The summed E-state index contributed by atoms with van der Waals surface area (Å²) in [6.45, 7) is 6.02. The average molecular weight is 253 g/mol. The minimum Gasteiger partial charge on any atom is -0.309 e. The lowest BCUT2D eigenvalue weighted by Crippen LogP contribution is -2.38. The molecule has 0 radical (unpaired) electrons. The molecule has 1 aliphatic rings. The van der Waals surface area contributed by atoms with E-state index in [2.05, 4.69) is 13.0 Å². The zero-order valence-corrected chi connectivity index (χ0v) is 11.0. The first kappa shape index (κ1) is 16.0. The predicted octanol–water partition coefficient (Wildman–Crippen LogP) is 3.37. The molecular weight excluding hydrogens is 230 g/mol. The van der Waals surface area contributed by atoms with Crippen LogP contribution < -0.4 is 4.90 Å². The zero-order valence-electron chi connectivity index (χ0n) is 10.0. The molecule has 1 aliphatic heterocycles. The molecule has 1 heterocycles. The Bertz CT molecular complexity index is 390. The van der Waals surface area contributed by atoms with Crippen LogP contribution in [0.15, 0.2) is 24.3 Å². The molecule has 0 aromatic heterocycles. The molecular formula is C14H23NOS. The number of carbonyl (C=O) groups is 1. The molecule has 2 rings (SSSR count). The van der Waals surface area contributed by atoms with Gasteiger partial charge in [0, 0.05) is 17.6 Å². The number of hydrogen-bond acceptors (Lipinski definition) is 1. The third-order valence-electron chi connectivity index (χ3n) is 2.94. The largest absolute Gasteiger partial charge is 0.309 e. The van der Waals surface area contributed by atoms with E-state index in [1.165, 1.54) is 5.56 Å². The maximum Gasteiger partial charge on any atom is 0.229 e. The van der Waals surface area contributed by atoms with Crippen LogP contribution in [-0.4, -0.2) is 11.9 Å². The smallest absolute Gasteiger partial charge is 0.229 e. The van der Waals surface area contributed by atoms with E-state index in [1.807, 2.05) is 36.9 Å². The lowest BCUT2D eigenvalue weighted by molar-refractivity contribution is -0.121. The highest BCUT2D eigenvalue weighted by atomic mass is 32.1. The fourth-order valence-electron chi connectivity index (χ4n) is 2.18. The van der Waals surface area contributed by atoms with Gasteiger partial charge in [-0.15, -0.1) is 0 Å². The molecule has 0 saturated carbocycles. The van der Waals surface area contributed by atoms with Crippen molar-refractivity contribution in [3.63, 3.8) is 0 Å². The Labute approximate surface area is 111 Å². The van der Waals surface area contributed by atoms with E-state index in [-0.39, 0.29) is 32.7 Å². The van der Waals surface area contributed by atoms with Crippen LogP contribution in [0.2, 0.25) is 0 Å². The molecule has 0 saturated heterocycles. The first-order chi connectivity index (χ1) is 7.11. The maximum absolute atomic E-state index is 12.0. The Hall–Kier alpha value is -0.960. The van der Waals surface area contributed by atoms with E-state index >= 15 is 0 Å². The van der Waals surface area contributed by atoms with Crippen molar-refractivity contribution >= 4 is 25.1 Å². The van der Waals surface area contributed by atoms with Crippen molar-refractivity contribution in [1.29, 1.82) is 0 Å². The number of nitrogens with zero attached hydrogens (tertiary/aromatic N) is 1. The molecule has 1 atom stereocenters. The topological polar surface area (TPSA) is 20.3 Å². The zero-order chi connectivity index (χ0) is 11.0. The van der Waals surface area contributed by atoms with Crippen LogP contribution in [0.4, 0.5) is 5.69 Å². The lowest BCUT2D eigenvalue weighted by Gasteiger charge is -2.24. The number of hydrogen-bond donors (Lipinski definition) is 0. The highest BCUT2D eigenvalue weighted by Crippen LogP contribution is 2.32. The molecule has 1 aromatic rings. The van der Waals surface area contributed by atoms with Gasteiger partial charge in [-0.3, -0.25) is 4.79 Å². The minimum absolute atomic E-state index is 0. The van der Waals surface area contributed by atoms with Crippen molar-refractivity contribution in [1.82, 2.24) is 0 Å². The first-order valence-electron chi connectivity index (χ1n) is 5.52. The Kier molecular flexibility index (Phi) is 5.76. The second-order valence-electron chi connectivity index (χ2n) is 4.54. The summed E-state index contributed by atoms with van der Waals surface area (Å²) in [6, 6.07) is 8.49. The summed E-state index contributed by atoms with van der Waals surface area (Å²) in [7, 11) is 0. The molecule has 0 spiro atoms. The molecule has 1 amide bonds. The van der Waals surface area contributed by atoms with Gasteiger partial charge in [0.15, 0.2) is 0 Å². The van der Waals surface area contributed by atoms with Crippen molar-refractivity contribution in [3.8, 4) is 0 Å². The van der Waals surface area contributed by atoms with E-state index in [9.17, 15) is 4.79 Å². The number of para-hydroxylation sites is 1. The van der Waals surface area contributed by atoms with Crippen molar-refractivity contribution in [3.05, 3.63) is 29.8 Å². The fourth-order valence-corrected chi connectivity index (χ4v) is 2.18. The van der Waals surface area contributed by atoms with Gasteiger partial charge < -0.3 is 4.90 Å². The molecule has 0 unspecified atom stereocenters. The quantitative estimate of drug-likeness (QED) is 0.751. The normalized spacial score (nSPS) is 17.2. The SMILES string of the molecule is C.CC(C)C(=O)N1c2ccccc2C[C@H]1C.S. The summed E-state index contributed by atoms with van der Waals surface area (Å²) in [6.07, 6.45) is 0.981. The van der Waals surface area contributed by atoms with Crippen LogP contribution in [0.1, 0.15) is 33.8 Å². The van der Waals surface area contributed by atoms with Crippen molar-refractivity contribution < 1.29 is 4.79 Å².